The molecule has 5 rings (SSSR count). The molecule has 0 radical (unpaired) electrons. The number of hydrogen-bond acceptors (Lipinski definition) is 6. The Balaban J connectivity index is 1.22. The Morgan fingerprint density at radius 3 is 2.40 bits per heavy atom. The van der Waals surface area contributed by atoms with Crippen molar-refractivity contribution < 1.29 is 4.79 Å². The number of piperazine rings is 1. The van der Waals surface area contributed by atoms with Crippen LogP contribution in [0.15, 0.2) is 67.3 Å². The summed E-state index contributed by atoms with van der Waals surface area (Å²) in [7, 11) is 0. The van der Waals surface area contributed by atoms with Crippen LogP contribution >= 0.6 is 0 Å². The third-order valence-electron chi connectivity index (χ3n) is 5.47. The Labute approximate surface area is 173 Å². The van der Waals surface area contributed by atoms with E-state index in [0.29, 0.717) is 25.3 Å². The van der Waals surface area contributed by atoms with Gasteiger partial charge in [0.2, 0.25) is 5.91 Å². The molecule has 4 aromatic rings. The van der Waals surface area contributed by atoms with Crippen LogP contribution in [0.3, 0.4) is 0 Å². The van der Waals surface area contributed by atoms with Crippen LogP contribution in [-0.4, -0.2) is 61.9 Å². The highest BCUT2D eigenvalue weighted by Gasteiger charge is 2.22. The number of aromatic nitrogens is 5. The number of fused-ring (bicyclic) bond motifs is 1. The van der Waals surface area contributed by atoms with Crippen LogP contribution in [0.2, 0.25) is 0 Å². The molecule has 0 N–H and O–H groups in total. The van der Waals surface area contributed by atoms with Crippen molar-refractivity contribution in [1.29, 1.82) is 0 Å². The van der Waals surface area contributed by atoms with E-state index in [1.165, 1.54) is 11.7 Å². The third-order valence-corrected chi connectivity index (χ3v) is 5.47. The van der Waals surface area contributed by atoms with Crippen molar-refractivity contribution in [2.24, 2.45) is 0 Å². The molecule has 0 unspecified atom stereocenters. The van der Waals surface area contributed by atoms with Crippen LogP contribution in [0.25, 0.3) is 16.6 Å². The smallest absolute Gasteiger partial charge is 0.227 e. The van der Waals surface area contributed by atoms with Gasteiger partial charge in [0.05, 0.1) is 6.42 Å². The van der Waals surface area contributed by atoms with Crippen LogP contribution in [0.1, 0.15) is 5.56 Å². The molecule has 30 heavy (non-hydrogen) atoms. The van der Waals surface area contributed by atoms with Crippen molar-refractivity contribution in [3.63, 3.8) is 0 Å². The second-order valence-corrected chi connectivity index (χ2v) is 7.27. The van der Waals surface area contributed by atoms with Gasteiger partial charge < -0.3 is 9.80 Å². The second kappa shape index (κ2) is 7.90. The van der Waals surface area contributed by atoms with Gasteiger partial charge in [-0.15, -0.1) is 10.2 Å². The van der Waals surface area contributed by atoms with E-state index in [9.17, 15) is 4.79 Å². The zero-order valence-corrected chi connectivity index (χ0v) is 16.4. The molecule has 1 aliphatic heterocycles. The van der Waals surface area contributed by atoms with Crippen molar-refractivity contribution in [2.75, 3.05) is 31.1 Å². The second-order valence-electron chi connectivity index (χ2n) is 7.27. The fourth-order valence-electron chi connectivity index (χ4n) is 3.84. The van der Waals surface area contributed by atoms with E-state index in [0.717, 1.165) is 29.9 Å². The quantitative estimate of drug-likeness (QED) is 0.523. The summed E-state index contributed by atoms with van der Waals surface area (Å²) in [4.78, 5) is 20.9. The first kappa shape index (κ1) is 18.2. The molecule has 1 fully saturated rings. The van der Waals surface area contributed by atoms with Crippen molar-refractivity contribution >= 4 is 22.5 Å². The molecule has 0 bridgehead atoms. The maximum atomic E-state index is 12.9. The van der Waals surface area contributed by atoms with Gasteiger partial charge in [0.15, 0.2) is 11.6 Å². The summed E-state index contributed by atoms with van der Waals surface area (Å²) in [6.45, 7) is 2.82. The molecule has 1 aliphatic rings. The number of benzene rings is 2. The summed E-state index contributed by atoms with van der Waals surface area (Å²) in [6, 6.07) is 18.1. The van der Waals surface area contributed by atoms with E-state index in [1.807, 2.05) is 41.3 Å². The van der Waals surface area contributed by atoms with Gasteiger partial charge in [-0.25, -0.2) is 9.67 Å². The number of rotatable bonds is 4. The summed E-state index contributed by atoms with van der Waals surface area (Å²) in [5, 5.41) is 14.9. The molecule has 150 valence electrons. The Bertz CT molecular complexity index is 1140. The number of nitrogens with zero attached hydrogens (tertiary/aromatic N) is 7. The molecule has 0 spiro atoms. The minimum Gasteiger partial charge on any atom is -0.352 e. The lowest BCUT2D eigenvalue weighted by molar-refractivity contribution is -0.130. The molecule has 2 aromatic heterocycles. The first-order valence-corrected chi connectivity index (χ1v) is 9.96. The summed E-state index contributed by atoms with van der Waals surface area (Å²) < 4.78 is 1.57. The molecule has 0 saturated carbocycles. The lowest BCUT2D eigenvalue weighted by atomic mass is 10.0. The molecule has 8 nitrogen and oxygen atoms in total. The molecule has 8 heteroatoms. The van der Waals surface area contributed by atoms with Crippen molar-refractivity contribution in [2.45, 2.75) is 6.42 Å². The highest BCUT2D eigenvalue weighted by atomic mass is 16.2. The molecule has 0 aliphatic carbocycles. The topological polar surface area (TPSA) is 80.0 Å². The number of hydrogen-bond donors (Lipinski definition) is 0. The van der Waals surface area contributed by atoms with Gasteiger partial charge in [-0.05, 0) is 28.5 Å². The number of carbonyl (C=O) groups is 1. The number of carbonyl (C=O) groups excluding carboxylic acids is 1. The lowest BCUT2D eigenvalue weighted by Crippen LogP contribution is -2.49. The normalized spacial score (nSPS) is 14.3. The molecule has 1 amide bonds. The van der Waals surface area contributed by atoms with Gasteiger partial charge in [0, 0.05) is 26.2 Å². The first-order valence-electron chi connectivity index (χ1n) is 9.96. The SMILES string of the molecule is O=C(Cc1cccc2ccccc12)N1CCN(c2ccc(-n3cncn3)nn2)CC1. The summed E-state index contributed by atoms with van der Waals surface area (Å²) in [5.74, 6) is 1.60. The largest absolute Gasteiger partial charge is 0.352 e. The maximum absolute atomic E-state index is 12.9. The van der Waals surface area contributed by atoms with Gasteiger partial charge in [-0.2, -0.15) is 5.10 Å². The van der Waals surface area contributed by atoms with Gasteiger partial charge in [-0.1, -0.05) is 42.5 Å². The summed E-state index contributed by atoms with van der Waals surface area (Å²) in [5.41, 5.74) is 1.08. The van der Waals surface area contributed by atoms with Crippen LogP contribution in [0, 0.1) is 0 Å². The van der Waals surface area contributed by atoms with E-state index >= 15 is 0 Å². The van der Waals surface area contributed by atoms with Crippen molar-refractivity contribution in [3.8, 4) is 5.82 Å². The standard InChI is InChI=1S/C22H21N7O/c30-22(14-18-6-3-5-17-4-1-2-7-19(17)18)28-12-10-27(11-13-28)20-8-9-21(26-25-20)29-16-23-15-24-29/h1-9,15-16H,10-14H2. The Morgan fingerprint density at radius 1 is 0.867 bits per heavy atom. The highest BCUT2D eigenvalue weighted by Crippen LogP contribution is 2.20. The van der Waals surface area contributed by atoms with Gasteiger partial charge in [-0.3, -0.25) is 4.79 Å². The third kappa shape index (κ3) is 3.59. The van der Waals surface area contributed by atoms with Gasteiger partial charge in [0.1, 0.15) is 12.7 Å². The monoisotopic (exact) mass is 399 g/mol. The summed E-state index contributed by atoms with van der Waals surface area (Å²) >= 11 is 0. The fraction of sp³-hybridized carbons (Fsp3) is 0.227. The van der Waals surface area contributed by atoms with Crippen LogP contribution < -0.4 is 4.90 Å². The Kier molecular flexibility index (Phi) is 4.80. The van der Waals surface area contributed by atoms with Gasteiger partial charge >= 0.3 is 0 Å². The van der Waals surface area contributed by atoms with E-state index in [-0.39, 0.29) is 5.91 Å². The minimum atomic E-state index is 0.165. The first-order chi connectivity index (χ1) is 14.8. The van der Waals surface area contributed by atoms with Gasteiger partial charge in [0.25, 0.3) is 0 Å². The highest BCUT2D eigenvalue weighted by molar-refractivity contribution is 5.90. The predicted molar refractivity (Wildman–Crippen MR) is 113 cm³/mol. The molecule has 0 atom stereocenters. The zero-order valence-electron chi connectivity index (χ0n) is 16.4. The van der Waals surface area contributed by atoms with E-state index in [4.69, 9.17) is 0 Å². The maximum Gasteiger partial charge on any atom is 0.227 e. The Hall–Kier alpha value is -3.81. The molecule has 1 saturated heterocycles. The molecular formula is C22H21N7O. The predicted octanol–water partition coefficient (Wildman–Crippen LogP) is 2.10. The van der Waals surface area contributed by atoms with Crippen molar-refractivity contribution in [1.82, 2.24) is 29.9 Å². The van der Waals surface area contributed by atoms with Crippen LogP contribution in [0.4, 0.5) is 5.82 Å². The average molecular weight is 399 g/mol. The number of anilines is 1. The molecular weight excluding hydrogens is 378 g/mol. The average Bonchev–Trinajstić information content (AvgIpc) is 3.35. The van der Waals surface area contributed by atoms with Crippen LogP contribution in [-0.2, 0) is 11.2 Å². The van der Waals surface area contributed by atoms with E-state index in [2.05, 4.69) is 43.4 Å². The van der Waals surface area contributed by atoms with Crippen LogP contribution in [0.5, 0.6) is 0 Å². The fourth-order valence-corrected chi connectivity index (χ4v) is 3.84. The molecule has 2 aromatic carbocycles. The van der Waals surface area contributed by atoms with E-state index < -0.39 is 0 Å². The molecule has 3 heterocycles. The van der Waals surface area contributed by atoms with Crippen molar-refractivity contribution in [3.05, 3.63) is 72.8 Å². The summed E-state index contributed by atoms with van der Waals surface area (Å²) in [6.07, 6.45) is 3.47. The minimum absolute atomic E-state index is 0.165. The lowest BCUT2D eigenvalue weighted by Gasteiger charge is -2.35. The van der Waals surface area contributed by atoms with E-state index in [1.54, 1.807) is 11.0 Å². The zero-order chi connectivity index (χ0) is 20.3. The number of amides is 1. The Morgan fingerprint density at radius 2 is 1.63 bits per heavy atom.